The number of aromatic nitrogens is 5. The summed E-state index contributed by atoms with van der Waals surface area (Å²) in [5.74, 6) is 1.11. The highest BCUT2D eigenvalue weighted by molar-refractivity contribution is 5.83. The molecule has 0 bridgehead atoms. The van der Waals surface area contributed by atoms with E-state index in [9.17, 15) is 0 Å². The summed E-state index contributed by atoms with van der Waals surface area (Å²) in [7, 11) is 0. The first-order chi connectivity index (χ1) is 20.4. The molecule has 13 heteroatoms. The Labute approximate surface area is 245 Å². The molecule has 42 heavy (non-hydrogen) atoms. The third kappa shape index (κ3) is 6.03. The predicted octanol–water partition coefficient (Wildman–Crippen LogP) is 1.77. The minimum atomic E-state index is -0.722. The summed E-state index contributed by atoms with van der Waals surface area (Å²) in [6, 6.07) is 10.5. The van der Waals surface area contributed by atoms with Crippen LogP contribution in [0.5, 0.6) is 0 Å². The number of anilines is 3. The fourth-order valence-electron chi connectivity index (χ4n) is 5.42. The molecule has 0 saturated carbocycles. The van der Waals surface area contributed by atoms with Crippen molar-refractivity contribution >= 4 is 30.5 Å². The van der Waals surface area contributed by atoms with Gasteiger partial charge in [-0.25, -0.2) is 9.97 Å². The lowest BCUT2D eigenvalue weighted by Crippen LogP contribution is -2.54. The van der Waals surface area contributed by atoms with Crippen LogP contribution in [-0.4, -0.2) is 100 Å². The molecule has 3 aliphatic heterocycles. The lowest BCUT2D eigenvalue weighted by Gasteiger charge is -2.39. The number of nitrogens with zero attached hydrogens (tertiary/aromatic N) is 9. The summed E-state index contributed by atoms with van der Waals surface area (Å²) in [6.07, 6.45) is 9.18. The zero-order valence-electron chi connectivity index (χ0n) is 24.1. The Kier molecular flexibility index (Phi) is 7.96. The maximum Gasteiger partial charge on any atom is 0.232 e. The number of rotatable bonds is 9. The van der Waals surface area contributed by atoms with Gasteiger partial charge in [0.2, 0.25) is 11.9 Å². The van der Waals surface area contributed by atoms with Gasteiger partial charge in [0, 0.05) is 63.3 Å². The number of morpholine rings is 1. The summed E-state index contributed by atoms with van der Waals surface area (Å²) in [6.45, 7) is 13.8. The SMILES string of the molecule is C=N[C@@]1(Cn2cc(Nc3ncnc(N4CCN(C5N=CC(C(C)(C)c6ccccc6)=CN5)CC4)n3)cn2)CNCCO1. The summed E-state index contributed by atoms with van der Waals surface area (Å²) in [4.78, 5) is 27.0. The average molecular weight is 571 g/mol. The molecule has 2 fully saturated rings. The predicted molar refractivity (Wildman–Crippen MR) is 163 cm³/mol. The number of allylic oxidation sites excluding steroid dienone is 1. The molecule has 1 unspecified atom stereocenters. The maximum atomic E-state index is 5.88. The number of aliphatic imine (C=N–C) groups is 2. The lowest BCUT2D eigenvalue weighted by molar-refractivity contribution is -0.0713. The van der Waals surface area contributed by atoms with Crippen molar-refractivity contribution in [3.05, 3.63) is 66.4 Å². The number of piperazine rings is 1. The Morgan fingerprint density at radius 2 is 2.00 bits per heavy atom. The van der Waals surface area contributed by atoms with E-state index in [1.165, 1.54) is 11.9 Å². The van der Waals surface area contributed by atoms with Crippen LogP contribution in [0.2, 0.25) is 0 Å². The van der Waals surface area contributed by atoms with Crippen molar-refractivity contribution in [1.82, 2.24) is 40.3 Å². The fourth-order valence-corrected chi connectivity index (χ4v) is 5.42. The Bertz CT molecular complexity index is 1420. The normalized spacial score (nSPS) is 23.2. The fraction of sp³-hybridized carbons (Fsp3) is 0.448. The number of ether oxygens (including phenoxy) is 1. The molecule has 0 amide bonds. The molecule has 6 rings (SSSR count). The number of nitrogens with one attached hydrogen (secondary N) is 3. The van der Waals surface area contributed by atoms with E-state index in [2.05, 4.69) is 102 Å². The molecule has 3 aromatic rings. The van der Waals surface area contributed by atoms with Crippen LogP contribution in [0.15, 0.2) is 70.8 Å². The lowest BCUT2D eigenvalue weighted by atomic mass is 9.78. The molecule has 220 valence electrons. The molecule has 5 heterocycles. The summed E-state index contributed by atoms with van der Waals surface area (Å²) in [5.41, 5.74) is 2.34. The first kappa shape index (κ1) is 27.9. The molecule has 0 spiro atoms. The first-order valence-corrected chi connectivity index (χ1v) is 14.3. The maximum absolute atomic E-state index is 5.88. The second-order valence-corrected chi connectivity index (χ2v) is 11.2. The molecule has 3 aliphatic rings. The van der Waals surface area contributed by atoms with Gasteiger partial charge < -0.3 is 25.6 Å². The molecule has 1 aromatic carbocycles. The topological polar surface area (TPSA) is 133 Å². The van der Waals surface area contributed by atoms with E-state index in [1.54, 1.807) is 10.9 Å². The van der Waals surface area contributed by atoms with E-state index in [0.29, 0.717) is 31.6 Å². The molecule has 0 aliphatic carbocycles. The van der Waals surface area contributed by atoms with E-state index in [-0.39, 0.29) is 11.7 Å². The molecule has 2 saturated heterocycles. The highest BCUT2D eigenvalue weighted by Crippen LogP contribution is 2.31. The van der Waals surface area contributed by atoms with Crippen molar-refractivity contribution < 1.29 is 4.74 Å². The number of hydrogen-bond donors (Lipinski definition) is 3. The highest BCUT2D eigenvalue weighted by Gasteiger charge is 2.33. The molecule has 3 N–H and O–H groups in total. The zero-order valence-corrected chi connectivity index (χ0v) is 24.1. The van der Waals surface area contributed by atoms with E-state index >= 15 is 0 Å². The molecule has 2 atom stereocenters. The third-order valence-corrected chi connectivity index (χ3v) is 8.10. The average Bonchev–Trinajstić information content (AvgIpc) is 3.48. The van der Waals surface area contributed by atoms with Gasteiger partial charge in [-0.3, -0.25) is 19.6 Å². The Morgan fingerprint density at radius 3 is 2.71 bits per heavy atom. The van der Waals surface area contributed by atoms with Gasteiger partial charge in [0.15, 0.2) is 12.0 Å². The first-order valence-electron chi connectivity index (χ1n) is 14.3. The van der Waals surface area contributed by atoms with E-state index in [4.69, 9.17) is 9.73 Å². The smallest absolute Gasteiger partial charge is 0.232 e. The van der Waals surface area contributed by atoms with Gasteiger partial charge in [-0.1, -0.05) is 44.2 Å². The van der Waals surface area contributed by atoms with E-state index in [0.717, 1.165) is 44.0 Å². The largest absolute Gasteiger partial charge is 0.357 e. The van der Waals surface area contributed by atoms with Gasteiger partial charge >= 0.3 is 0 Å². The number of benzene rings is 1. The highest BCUT2D eigenvalue weighted by atomic mass is 16.5. The minimum Gasteiger partial charge on any atom is -0.357 e. The van der Waals surface area contributed by atoms with Crippen LogP contribution in [0.4, 0.5) is 17.6 Å². The minimum absolute atomic E-state index is 0.0835. The van der Waals surface area contributed by atoms with Crippen LogP contribution in [0.1, 0.15) is 19.4 Å². The number of hydrogen-bond acceptors (Lipinski definition) is 12. The zero-order chi connectivity index (χ0) is 29.0. The van der Waals surface area contributed by atoms with Crippen molar-refractivity contribution in [3.63, 3.8) is 0 Å². The second-order valence-electron chi connectivity index (χ2n) is 11.2. The van der Waals surface area contributed by atoms with Gasteiger partial charge in [-0.2, -0.15) is 10.1 Å². The van der Waals surface area contributed by atoms with Crippen molar-refractivity contribution in [2.24, 2.45) is 9.98 Å². The molecule has 2 aromatic heterocycles. The molecular formula is C29H38N12O. The van der Waals surface area contributed by atoms with Crippen LogP contribution in [0.3, 0.4) is 0 Å². The molecule has 13 nitrogen and oxygen atoms in total. The monoisotopic (exact) mass is 570 g/mol. The summed E-state index contributed by atoms with van der Waals surface area (Å²) in [5, 5.41) is 14.5. The van der Waals surface area contributed by atoms with Gasteiger partial charge in [0.1, 0.15) is 6.33 Å². The van der Waals surface area contributed by atoms with E-state index in [1.807, 2.05) is 18.5 Å². The van der Waals surface area contributed by atoms with Crippen LogP contribution < -0.4 is 20.9 Å². The summed E-state index contributed by atoms with van der Waals surface area (Å²) >= 11 is 0. The van der Waals surface area contributed by atoms with Crippen molar-refractivity contribution in [1.29, 1.82) is 0 Å². The van der Waals surface area contributed by atoms with Crippen molar-refractivity contribution in [2.75, 3.05) is 56.1 Å². The van der Waals surface area contributed by atoms with Crippen LogP contribution in [-0.2, 0) is 16.7 Å². The second kappa shape index (κ2) is 12.0. The Hall–Kier alpha value is -4.20. The van der Waals surface area contributed by atoms with Gasteiger partial charge in [-0.15, -0.1) is 0 Å². The molecule has 0 radical (unpaired) electrons. The van der Waals surface area contributed by atoms with Crippen LogP contribution in [0.25, 0.3) is 0 Å². The Balaban J connectivity index is 1.02. The summed E-state index contributed by atoms with van der Waals surface area (Å²) < 4.78 is 7.67. The third-order valence-electron chi connectivity index (χ3n) is 8.10. The van der Waals surface area contributed by atoms with E-state index < -0.39 is 5.72 Å². The van der Waals surface area contributed by atoms with Crippen molar-refractivity contribution in [3.8, 4) is 0 Å². The Morgan fingerprint density at radius 1 is 1.17 bits per heavy atom. The van der Waals surface area contributed by atoms with Gasteiger partial charge in [0.25, 0.3) is 0 Å². The van der Waals surface area contributed by atoms with Crippen molar-refractivity contribution in [2.45, 2.75) is 37.8 Å². The standard InChI is InChI=1S/C29H38N12O/c1-28(2,22-7-5-4-6-8-22)23-15-32-26(33-16-23)39-10-12-40(13-11-39)27-35-21-34-25(38-27)37-24-17-36-41(18-24)20-29(30-3)19-31-9-14-42-29/h4-8,15-18,21,26,31-32H,3,9-14,19-20H2,1-2H3,(H,34,35,37,38)/t26?,29-/m0/s1. The van der Waals surface area contributed by atoms with Crippen LogP contribution in [0, 0.1) is 0 Å². The van der Waals surface area contributed by atoms with Gasteiger partial charge in [0.05, 0.1) is 25.0 Å². The molecular weight excluding hydrogens is 532 g/mol. The quantitative estimate of drug-likeness (QED) is 0.327. The van der Waals surface area contributed by atoms with Gasteiger partial charge in [-0.05, 0) is 17.9 Å². The van der Waals surface area contributed by atoms with Crippen LogP contribution >= 0.6 is 0 Å².